The highest BCUT2D eigenvalue weighted by atomic mass is 16.5. The van der Waals surface area contributed by atoms with Gasteiger partial charge in [0.1, 0.15) is 5.75 Å². The van der Waals surface area contributed by atoms with Gasteiger partial charge in [-0.05, 0) is 36.6 Å². The van der Waals surface area contributed by atoms with Crippen LogP contribution in [0.2, 0.25) is 0 Å². The van der Waals surface area contributed by atoms with Gasteiger partial charge in [0.2, 0.25) is 5.95 Å². The highest BCUT2D eigenvalue weighted by molar-refractivity contribution is 5.80. The topological polar surface area (TPSA) is 65.9 Å². The summed E-state index contributed by atoms with van der Waals surface area (Å²) in [4.78, 5) is 18.2. The standard InChI is InChI=1S/C21H28N6O/c1-2-22-20(25-10-6-17-4-5-19-18(16-17)7-15-28-19)26-11-13-27(14-12-26)21-23-8-3-9-24-21/h3-5,8-9,16H,2,6-7,10-15H2,1H3,(H,22,25). The van der Waals surface area contributed by atoms with Gasteiger partial charge < -0.3 is 19.9 Å². The Bertz CT molecular complexity index is 802. The van der Waals surface area contributed by atoms with Crippen molar-refractivity contribution in [3.8, 4) is 5.75 Å². The summed E-state index contributed by atoms with van der Waals surface area (Å²) in [6.07, 6.45) is 5.56. The normalized spacial score (nSPS) is 16.7. The third-order valence-electron chi connectivity index (χ3n) is 5.16. The maximum atomic E-state index is 5.59. The van der Waals surface area contributed by atoms with Gasteiger partial charge in [-0.15, -0.1) is 0 Å². The fraction of sp³-hybridized carbons (Fsp3) is 0.476. The van der Waals surface area contributed by atoms with E-state index in [2.05, 4.69) is 50.2 Å². The number of anilines is 1. The largest absolute Gasteiger partial charge is 0.493 e. The molecule has 1 aromatic carbocycles. The average molecular weight is 380 g/mol. The van der Waals surface area contributed by atoms with Crippen molar-refractivity contribution >= 4 is 11.9 Å². The number of piperazine rings is 1. The molecule has 1 N–H and O–H groups in total. The number of aliphatic imine (C=N–C) groups is 1. The Hall–Kier alpha value is -2.83. The van der Waals surface area contributed by atoms with Crippen LogP contribution in [0.5, 0.6) is 5.75 Å². The Morgan fingerprint density at radius 3 is 2.79 bits per heavy atom. The summed E-state index contributed by atoms with van der Waals surface area (Å²) in [5, 5.41) is 3.44. The van der Waals surface area contributed by atoms with Crippen LogP contribution in [-0.2, 0) is 12.8 Å². The SMILES string of the molecule is CCNC(=NCCc1ccc2c(c1)CCO2)N1CCN(c2ncccn2)CC1. The van der Waals surface area contributed by atoms with E-state index in [9.17, 15) is 0 Å². The monoisotopic (exact) mass is 380 g/mol. The molecule has 1 aromatic heterocycles. The third kappa shape index (κ3) is 4.35. The smallest absolute Gasteiger partial charge is 0.225 e. The molecule has 148 valence electrons. The summed E-state index contributed by atoms with van der Waals surface area (Å²) in [6.45, 7) is 8.21. The quantitative estimate of drug-likeness (QED) is 0.630. The Morgan fingerprint density at radius 2 is 2.00 bits per heavy atom. The molecule has 0 bridgehead atoms. The first-order valence-corrected chi connectivity index (χ1v) is 10.1. The van der Waals surface area contributed by atoms with Crippen LogP contribution in [0.25, 0.3) is 0 Å². The second-order valence-corrected chi connectivity index (χ2v) is 7.05. The Labute approximate surface area is 166 Å². The van der Waals surface area contributed by atoms with Gasteiger partial charge >= 0.3 is 0 Å². The van der Waals surface area contributed by atoms with Crippen LogP contribution >= 0.6 is 0 Å². The van der Waals surface area contributed by atoms with Gasteiger partial charge in [0.15, 0.2) is 5.96 Å². The maximum Gasteiger partial charge on any atom is 0.225 e. The van der Waals surface area contributed by atoms with E-state index in [1.165, 1.54) is 11.1 Å². The van der Waals surface area contributed by atoms with Crippen molar-refractivity contribution in [3.63, 3.8) is 0 Å². The summed E-state index contributed by atoms with van der Waals surface area (Å²) in [6, 6.07) is 8.37. The number of fused-ring (bicyclic) bond motifs is 1. The number of guanidine groups is 1. The minimum absolute atomic E-state index is 0.782. The minimum atomic E-state index is 0.782. The molecule has 0 aliphatic carbocycles. The molecule has 28 heavy (non-hydrogen) atoms. The molecule has 0 radical (unpaired) electrons. The van der Waals surface area contributed by atoms with Crippen LogP contribution in [0.3, 0.4) is 0 Å². The molecule has 1 fully saturated rings. The fourth-order valence-electron chi connectivity index (χ4n) is 3.68. The average Bonchev–Trinajstić information content (AvgIpc) is 3.22. The summed E-state index contributed by atoms with van der Waals surface area (Å²) in [7, 11) is 0. The minimum Gasteiger partial charge on any atom is -0.493 e. The number of nitrogens with one attached hydrogen (secondary N) is 1. The predicted octanol–water partition coefficient (Wildman–Crippen LogP) is 1.74. The lowest BCUT2D eigenvalue weighted by molar-refractivity contribution is 0.357. The molecule has 2 aromatic rings. The van der Waals surface area contributed by atoms with Crippen molar-refractivity contribution in [1.29, 1.82) is 0 Å². The zero-order valence-corrected chi connectivity index (χ0v) is 16.5. The van der Waals surface area contributed by atoms with Crippen LogP contribution in [0.1, 0.15) is 18.1 Å². The summed E-state index contributed by atoms with van der Waals surface area (Å²) in [5.74, 6) is 2.85. The molecule has 0 atom stereocenters. The molecule has 1 saturated heterocycles. The molecular weight excluding hydrogens is 352 g/mol. The second kappa shape index (κ2) is 8.91. The zero-order valence-electron chi connectivity index (χ0n) is 16.5. The number of hydrogen-bond donors (Lipinski definition) is 1. The van der Waals surface area contributed by atoms with Crippen molar-refractivity contribution in [2.24, 2.45) is 4.99 Å². The molecule has 0 saturated carbocycles. The van der Waals surface area contributed by atoms with Crippen LogP contribution in [0.15, 0.2) is 41.7 Å². The number of benzene rings is 1. The Kier molecular flexibility index (Phi) is 5.89. The first-order chi connectivity index (χ1) is 13.8. The fourth-order valence-corrected chi connectivity index (χ4v) is 3.68. The number of aromatic nitrogens is 2. The highest BCUT2D eigenvalue weighted by Crippen LogP contribution is 2.26. The molecule has 2 aliphatic heterocycles. The van der Waals surface area contributed by atoms with E-state index in [0.29, 0.717) is 0 Å². The first kappa shape index (κ1) is 18.5. The van der Waals surface area contributed by atoms with Gasteiger partial charge in [-0.3, -0.25) is 4.99 Å². The summed E-state index contributed by atoms with van der Waals surface area (Å²) < 4.78 is 5.59. The van der Waals surface area contributed by atoms with Gasteiger partial charge in [-0.25, -0.2) is 9.97 Å². The molecular formula is C21H28N6O. The predicted molar refractivity (Wildman–Crippen MR) is 111 cm³/mol. The molecule has 7 nitrogen and oxygen atoms in total. The van der Waals surface area contributed by atoms with Crippen molar-refractivity contribution < 1.29 is 4.74 Å². The van der Waals surface area contributed by atoms with Crippen molar-refractivity contribution in [1.82, 2.24) is 20.2 Å². The van der Waals surface area contributed by atoms with Gasteiger partial charge in [0.25, 0.3) is 0 Å². The first-order valence-electron chi connectivity index (χ1n) is 10.1. The van der Waals surface area contributed by atoms with Gasteiger partial charge in [-0.1, -0.05) is 12.1 Å². The maximum absolute atomic E-state index is 5.59. The second-order valence-electron chi connectivity index (χ2n) is 7.05. The van der Waals surface area contributed by atoms with Crippen molar-refractivity contribution in [3.05, 3.63) is 47.8 Å². The third-order valence-corrected chi connectivity index (χ3v) is 5.16. The zero-order chi connectivity index (χ0) is 19.2. The van der Waals surface area contributed by atoms with Gasteiger partial charge in [0, 0.05) is 58.1 Å². The highest BCUT2D eigenvalue weighted by Gasteiger charge is 2.21. The van der Waals surface area contributed by atoms with Crippen LogP contribution in [0, 0.1) is 0 Å². The lowest BCUT2D eigenvalue weighted by Gasteiger charge is -2.36. The lowest BCUT2D eigenvalue weighted by Crippen LogP contribution is -2.53. The molecule has 3 heterocycles. The summed E-state index contributed by atoms with van der Waals surface area (Å²) in [5.41, 5.74) is 2.66. The lowest BCUT2D eigenvalue weighted by atomic mass is 10.1. The number of nitrogens with zero attached hydrogens (tertiary/aromatic N) is 5. The number of ether oxygens (including phenoxy) is 1. The number of rotatable bonds is 5. The molecule has 4 rings (SSSR count). The van der Waals surface area contributed by atoms with E-state index in [4.69, 9.17) is 9.73 Å². The van der Waals surface area contributed by atoms with Crippen molar-refractivity contribution in [2.75, 3.05) is 50.8 Å². The molecule has 7 heteroatoms. The Morgan fingerprint density at radius 1 is 1.18 bits per heavy atom. The Balaban J connectivity index is 1.33. The molecule has 0 amide bonds. The van der Waals surface area contributed by atoms with E-state index >= 15 is 0 Å². The van der Waals surface area contributed by atoms with Gasteiger partial charge in [0.05, 0.1) is 6.61 Å². The van der Waals surface area contributed by atoms with E-state index in [1.54, 1.807) is 12.4 Å². The van der Waals surface area contributed by atoms with Crippen molar-refractivity contribution in [2.45, 2.75) is 19.8 Å². The number of hydrogen-bond acceptors (Lipinski definition) is 5. The molecule has 0 unspecified atom stereocenters. The van der Waals surface area contributed by atoms with E-state index in [1.807, 2.05) is 6.07 Å². The van der Waals surface area contributed by atoms with Crippen LogP contribution < -0.4 is 15.0 Å². The van der Waals surface area contributed by atoms with Crippen LogP contribution in [0.4, 0.5) is 5.95 Å². The van der Waals surface area contributed by atoms with E-state index in [0.717, 1.165) is 76.4 Å². The summed E-state index contributed by atoms with van der Waals surface area (Å²) >= 11 is 0. The van der Waals surface area contributed by atoms with Crippen LogP contribution in [-0.4, -0.2) is 66.7 Å². The van der Waals surface area contributed by atoms with Gasteiger partial charge in [-0.2, -0.15) is 0 Å². The van der Waals surface area contributed by atoms with E-state index < -0.39 is 0 Å². The van der Waals surface area contributed by atoms with E-state index in [-0.39, 0.29) is 0 Å². The molecule has 0 spiro atoms. The molecule has 2 aliphatic rings.